The Morgan fingerprint density at radius 1 is 1.06 bits per heavy atom. The van der Waals surface area contributed by atoms with E-state index in [0.29, 0.717) is 16.1 Å². The van der Waals surface area contributed by atoms with Crippen molar-refractivity contribution in [3.63, 3.8) is 0 Å². The quantitative estimate of drug-likeness (QED) is 0.325. The summed E-state index contributed by atoms with van der Waals surface area (Å²) in [4.78, 5) is 18.0. The number of carbonyl (C=O) groups is 1. The summed E-state index contributed by atoms with van der Waals surface area (Å²) in [6.07, 6.45) is 0.908. The fraction of sp³-hybridized carbons (Fsp3) is 0.167. The zero-order valence-corrected chi connectivity index (χ0v) is 21.3. The van der Waals surface area contributed by atoms with Crippen LogP contribution in [0.3, 0.4) is 0 Å². The maximum atomic E-state index is 13.0. The third kappa shape index (κ3) is 4.80. The van der Waals surface area contributed by atoms with Crippen LogP contribution in [0.5, 0.6) is 0 Å². The molecule has 3 aromatic carbocycles. The summed E-state index contributed by atoms with van der Waals surface area (Å²) in [6, 6.07) is 20.7. The van der Waals surface area contributed by atoms with Gasteiger partial charge in [-0.25, -0.2) is 8.42 Å². The van der Waals surface area contributed by atoms with E-state index < -0.39 is 15.9 Å². The standard InChI is InChI=1S/C24H22BrN3O3S2/c1-3-15-28-21-14-11-18(25)16-22(21)32-24(28)26-23(29)17-9-12-20(13-10-17)33(30,31)27(2)19-7-5-4-6-8-19/h4-14,16H,3,15H2,1-2H3. The molecular weight excluding hydrogens is 522 g/mol. The summed E-state index contributed by atoms with van der Waals surface area (Å²) in [5.74, 6) is -0.411. The molecule has 0 aliphatic carbocycles. The molecule has 0 fully saturated rings. The fourth-order valence-corrected chi connectivity index (χ4v) is 6.23. The highest BCUT2D eigenvalue weighted by Gasteiger charge is 2.21. The molecule has 0 radical (unpaired) electrons. The molecule has 9 heteroatoms. The van der Waals surface area contributed by atoms with Crippen LogP contribution in [0, 0.1) is 0 Å². The molecule has 4 aromatic rings. The number of thiazole rings is 1. The van der Waals surface area contributed by atoms with Crippen LogP contribution in [0.1, 0.15) is 23.7 Å². The minimum absolute atomic E-state index is 0.109. The molecule has 0 spiro atoms. The Balaban J connectivity index is 1.66. The number of fused-ring (bicyclic) bond motifs is 1. The Labute approximate surface area is 205 Å². The minimum atomic E-state index is -3.74. The second-order valence-corrected chi connectivity index (χ2v) is 11.3. The number of benzene rings is 3. The van der Waals surface area contributed by atoms with Gasteiger partial charge in [0, 0.05) is 23.6 Å². The second-order valence-electron chi connectivity index (χ2n) is 7.40. The van der Waals surface area contributed by atoms with E-state index in [4.69, 9.17) is 0 Å². The van der Waals surface area contributed by atoms with E-state index in [2.05, 4.69) is 27.8 Å². The van der Waals surface area contributed by atoms with Crippen LogP contribution in [0.15, 0.2) is 87.2 Å². The van der Waals surface area contributed by atoms with Crippen LogP contribution in [0.4, 0.5) is 5.69 Å². The van der Waals surface area contributed by atoms with Crippen molar-refractivity contribution in [2.45, 2.75) is 24.8 Å². The number of halogens is 1. The zero-order chi connectivity index (χ0) is 23.6. The molecule has 1 heterocycles. The van der Waals surface area contributed by atoms with Gasteiger partial charge in [-0.15, -0.1) is 0 Å². The van der Waals surface area contributed by atoms with Crippen LogP contribution in [-0.4, -0.2) is 25.9 Å². The molecular formula is C24H22BrN3O3S2. The Kier molecular flexibility index (Phi) is 6.83. The number of sulfonamides is 1. The molecule has 1 aromatic heterocycles. The van der Waals surface area contributed by atoms with Crippen molar-refractivity contribution in [2.24, 2.45) is 4.99 Å². The Morgan fingerprint density at radius 2 is 1.76 bits per heavy atom. The third-order valence-electron chi connectivity index (χ3n) is 5.17. The van der Waals surface area contributed by atoms with Crippen LogP contribution in [-0.2, 0) is 16.6 Å². The summed E-state index contributed by atoms with van der Waals surface area (Å²) < 4.78 is 31.2. The number of hydrogen-bond acceptors (Lipinski definition) is 4. The van der Waals surface area contributed by atoms with Gasteiger partial charge in [0.1, 0.15) is 0 Å². The zero-order valence-electron chi connectivity index (χ0n) is 18.1. The van der Waals surface area contributed by atoms with E-state index in [1.165, 1.54) is 47.0 Å². The maximum Gasteiger partial charge on any atom is 0.279 e. The SMILES string of the molecule is CCCn1c(=NC(=O)c2ccc(S(=O)(=O)N(C)c3ccccc3)cc2)sc2cc(Br)ccc21. The average molecular weight is 544 g/mol. The van der Waals surface area contributed by atoms with Crippen LogP contribution in [0.25, 0.3) is 10.2 Å². The van der Waals surface area contributed by atoms with Gasteiger partial charge in [-0.3, -0.25) is 9.10 Å². The van der Waals surface area contributed by atoms with Gasteiger partial charge in [-0.2, -0.15) is 4.99 Å². The van der Waals surface area contributed by atoms with Gasteiger partial charge in [0.2, 0.25) is 0 Å². The molecule has 0 aliphatic rings. The number of carbonyl (C=O) groups excluding carboxylic acids is 1. The fourth-order valence-electron chi connectivity index (χ4n) is 3.43. The molecule has 0 bridgehead atoms. The van der Waals surface area contributed by atoms with E-state index in [9.17, 15) is 13.2 Å². The summed E-state index contributed by atoms with van der Waals surface area (Å²) in [5.41, 5.74) is 1.92. The van der Waals surface area contributed by atoms with E-state index in [1.54, 1.807) is 24.3 Å². The normalized spacial score (nSPS) is 12.3. The number of anilines is 1. The summed E-state index contributed by atoms with van der Waals surface area (Å²) in [5, 5.41) is 0. The lowest BCUT2D eigenvalue weighted by Gasteiger charge is -2.19. The van der Waals surface area contributed by atoms with Gasteiger partial charge < -0.3 is 4.57 Å². The van der Waals surface area contributed by atoms with Gasteiger partial charge in [0.25, 0.3) is 15.9 Å². The highest BCUT2D eigenvalue weighted by Crippen LogP contribution is 2.24. The van der Waals surface area contributed by atoms with Gasteiger partial charge in [0.05, 0.1) is 20.8 Å². The lowest BCUT2D eigenvalue weighted by Crippen LogP contribution is -2.26. The first-order valence-corrected chi connectivity index (χ1v) is 13.4. The Hall–Kier alpha value is -2.75. The van der Waals surface area contributed by atoms with Crippen LogP contribution < -0.4 is 9.11 Å². The van der Waals surface area contributed by atoms with Crippen LogP contribution >= 0.6 is 27.3 Å². The maximum absolute atomic E-state index is 13.0. The predicted molar refractivity (Wildman–Crippen MR) is 136 cm³/mol. The number of rotatable bonds is 6. The molecule has 0 saturated carbocycles. The molecule has 1 amide bonds. The highest BCUT2D eigenvalue weighted by molar-refractivity contribution is 9.10. The topological polar surface area (TPSA) is 71.7 Å². The van der Waals surface area contributed by atoms with Crippen molar-refractivity contribution in [2.75, 3.05) is 11.4 Å². The lowest BCUT2D eigenvalue weighted by atomic mass is 10.2. The molecule has 170 valence electrons. The molecule has 0 N–H and O–H groups in total. The van der Waals surface area contributed by atoms with Crippen molar-refractivity contribution in [3.05, 3.63) is 87.6 Å². The number of para-hydroxylation sites is 1. The summed E-state index contributed by atoms with van der Waals surface area (Å²) in [7, 11) is -2.24. The van der Waals surface area contributed by atoms with Crippen LogP contribution in [0.2, 0.25) is 0 Å². The van der Waals surface area contributed by atoms with E-state index in [0.717, 1.165) is 27.7 Å². The Bertz CT molecular complexity index is 1480. The third-order valence-corrected chi connectivity index (χ3v) is 8.50. The average Bonchev–Trinajstić information content (AvgIpc) is 3.15. The van der Waals surface area contributed by atoms with E-state index in [-0.39, 0.29) is 4.90 Å². The first-order valence-electron chi connectivity index (χ1n) is 10.3. The van der Waals surface area contributed by atoms with Crippen molar-refractivity contribution in [3.8, 4) is 0 Å². The van der Waals surface area contributed by atoms with Gasteiger partial charge in [-0.1, -0.05) is 52.4 Å². The number of aromatic nitrogens is 1. The van der Waals surface area contributed by atoms with Gasteiger partial charge in [0.15, 0.2) is 4.80 Å². The van der Waals surface area contributed by atoms with Crippen molar-refractivity contribution >= 4 is 59.1 Å². The molecule has 6 nitrogen and oxygen atoms in total. The monoisotopic (exact) mass is 543 g/mol. The van der Waals surface area contributed by atoms with Gasteiger partial charge >= 0.3 is 0 Å². The largest absolute Gasteiger partial charge is 0.316 e. The van der Waals surface area contributed by atoms with E-state index >= 15 is 0 Å². The van der Waals surface area contributed by atoms with Gasteiger partial charge in [-0.05, 0) is 61.0 Å². The van der Waals surface area contributed by atoms with Crippen molar-refractivity contribution < 1.29 is 13.2 Å². The molecule has 0 unspecified atom stereocenters. The minimum Gasteiger partial charge on any atom is -0.316 e. The lowest BCUT2D eigenvalue weighted by molar-refractivity contribution is 0.0997. The second kappa shape index (κ2) is 9.62. The highest BCUT2D eigenvalue weighted by atomic mass is 79.9. The van der Waals surface area contributed by atoms with Crippen molar-refractivity contribution in [1.82, 2.24) is 4.57 Å². The van der Waals surface area contributed by atoms with Crippen molar-refractivity contribution in [1.29, 1.82) is 0 Å². The number of hydrogen-bond donors (Lipinski definition) is 0. The number of aryl methyl sites for hydroxylation is 1. The summed E-state index contributed by atoms with van der Waals surface area (Å²) >= 11 is 4.94. The Morgan fingerprint density at radius 3 is 2.42 bits per heavy atom. The summed E-state index contributed by atoms with van der Waals surface area (Å²) in [6.45, 7) is 2.82. The molecule has 4 rings (SSSR count). The van der Waals surface area contributed by atoms with E-state index in [1.807, 2.05) is 28.8 Å². The molecule has 33 heavy (non-hydrogen) atoms. The smallest absolute Gasteiger partial charge is 0.279 e. The molecule has 0 atom stereocenters. The number of amides is 1. The first kappa shape index (κ1) is 23.4. The first-order chi connectivity index (χ1) is 15.8. The number of nitrogens with zero attached hydrogens (tertiary/aromatic N) is 3. The molecule has 0 saturated heterocycles. The predicted octanol–water partition coefficient (Wildman–Crippen LogP) is 5.44. The molecule has 0 aliphatic heterocycles.